The van der Waals surface area contributed by atoms with Gasteiger partial charge in [0.25, 0.3) is 0 Å². The highest BCUT2D eigenvalue weighted by molar-refractivity contribution is 5.29. The van der Waals surface area contributed by atoms with E-state index in [-0.39, 0.29) is 6.04 Å². The van der Waals surface area contributed by atoms with Crippen molar-refractivity contribution in [1.82, 2.24) is 5.32 Å². The molecule has 0 heterocycles. The van der Waals surface area contributed by atoms with Gasteiger partial charge >= 0.3 is 6.18 Å². The largest absolute Gasteiger partial charge is 0.419 e. The number of hydrogen-bond donors (Lipinski definition) is 1. The Morgan fingerprint density at radius 3 is 2.28 bits per heavy atom. The average Bonchev–Trinajstić information content (AvgIpc) is 2.25. The van der Waals surface area contributed by atoms with Crippen LogP contribution < -0.4 is 5.32 Å². The second-order valence-electron chi connectivity index (χ2n) is 4.71. The summed E-state index contributed by atoms with van der Waals surface area (Å²) in [5, 5.41) is 2.96. The third-order valence-electron chi connectivity index (χ3n) is 2.75. The van der Waals surface area contributed by atoms with Crippen LogP contribution in [0.5, 0.6) is 0 Å². The second kappa shape index (κ2) is 5.69. The lowest BCUT2D eigenvalue weighted by molar-refractivity contribution is -0.140. The molecule has 1 rings (SSSR count). The molecule has 0 amide bonds. The summed E-state index contributed by atoms with van der Waals surface area (Å²) < 4.78 is 50.9. The highest BCUT2D eigenvalue weighted by atomic mass is 19.4. The lowest BCUT2D eigenvalue weighted by Gasteiger charge is -2.20. The molecule has 1 N–H and O–H groups in total. The summed E-state index contributed by atoms with van der Waals surface area (Å²) in [5.74, 6) is -0.896. The smallest absolute Gasteiger partial charge is 0.313 e. The van der Waals surface area contributed by atoms with Crippen LogP contribution in [0.2, 0.25) is 0 Å². The normalized spacial score (nSPS) is 14.0. The van der Waals surface area contributed by atoms with Crippen molar-refractivity contribution >= 4 is 0 Å². The maximum Gasteiger partial charge on any atom is 0.419 e. The molecule has 0 aliphatic carbocycles. The Morgan fingerprint density at radius 1 is 1.22 bits per heavy atom. The quantitative estimate of drug-likeness (QED) is 0.805. The third-order valence-corrected chi connectivity index (χ3v) is 2.75. The lowest BCUT2D eigenvalue weighted by Crippen LogP contribution is -2.19. The maximum atomic E-state index is 13.2. The molecule has 0 saturated heterocycles. The molecule has 1 aromatic carbocycles. The number of alkyl halides is 3. The Bertz CT molecular complexity index is 398. The fourth-order valence-electron chi connectivity index (χ4n) is 1.87. The van der Waals surface area contributed by atoms with Crippen molar-refractivity contribution in [2.24, 2.45) is 5.92 Å². The van der Waals surface area contributed by atoms with Crippen LogP contribution in [0.3, 0.4) is 0 Å². The minimum atomic E-state index is -4.66. The fraction of sp³-hybridized carbons (Fsp3) is 0.538. The van der Waals surface area contributed by atoms with E-state index in [1.54, 1.807) is 7.05 Å². The van der Waals surface area contributed by atoms with Crippen molar-refractivity contribution in [2.75, 3.05) is 7.05 Å². The Kier molecular flexibility index (Phi) is 4.73. The van der Waals surface area contributed by atoms with Crippen LogP contribution in [-0.4, -0.2) is 7.05 Å². The van der Waals surface area contributed by atoms with Gasteiger partial charge in [-0.05, 0) is 37.1 Å². The average molecular weight is 263 g/mol. The van der Waals surface area contributed by atoms with E-state index in [2.05, 4.69) is 5.32 Å². The van der Waals surface area contributed by atoms with Gasteiger partial charge in [0.2, 0.25) is 0 Å². The number of hydrogen-bond acceptors (Lipinski definition) is 1. The van der Waals surface area contributed by atoms with Crippen molar-refractivity contribution in [2.45, 2.75) is 32.5 Å². The van der Waals surface area contributed by atoms with Gasteiger partial charge in [-0.25, -0.2) is 4.39 Å². The van der Waals surface area contributed by atoms with Crippen LogP contribution >= 0.6 is 0 Å². The van der Waals surface area contributed by atoms with E-state index in [1.807, 2.05) is 13.8 Å². The summed E-state index contributed by atoms with van der Waals surface area (Å²) >= 11 is 0. The molecule has 0 fully saturated rings. The molecule has 0 saturated carbocycles. The van der Waals surface area contributed by atoms with Crippen LogP contribution in [0.25, 0.3) is 0 Å². The molecule has 0 aliphatic heterocycles. The van der Waals surface area contributed by atoms with Crippen LogP contribution in [0.4, 0.5) is 17.6 Å². The zero-order chi connectivity index (χ0) is 13.9. The van der Waals surface area contributed by atoms with E-state index in [1.165, 1.54) is 6.07 Å². The zero-order valence-electron chi connectivity index (χ0n) is 10.6. The number of halogens is 4. The molecule has 0 spiro atoms. The Balaban J connectivity index is 3.10. The fourth-order valence-corrected chi connectivity index (χ4v) is 1.87. The molecule has 1 aromatic rings. The highest BCUT2D eigenvalue weighted by Crippen LogP contribution is 2.33. The number of rotatable bonds is 4. The first kappa shape index (κ1) is 15.0. The van der Waals surface area contributed by atoms with Crippen molar-refractivity contribution in [3.05, 3.63) is 35.1 Å². The van der Waals surface area contributed by atoms with Crippen molar-refractivity contribution in [3.8, 4) is 0 Å². The molecule has 1 unspecified atom stereocenters. The van der Waals surface area contributed by atoms with Gasteiger partial charge < -0.3 is 5.32 Å². The zero-order valence-corrected chi connectivity index (χ0v) is 10.6. The van der Waals surface area contributed by atoms with E-state index in [9.17, 15) is 17.6 Å². The van der Waals surface area contributed by atoms with Crippen LogP contribution in [-0.2, 0) is 6.18 Å². The van der Waals surface area contributed by atoms with Crippen LogP contribution in [0.1, 0.15) is 37.4 Å². The number of nitrogens with one attached hydrogen (secondary N) is 1. The van der Waals surface area contributed by atoms with E-state index < -0.39 is 17.6 Å². The van der Waals surface area contributed by atoms with Gasteiger partial charge in [-0.1, -0.05) is 19.9 Å². The molecule has 1 nitrogen and oxygen atoms in total. The Morgan fingerprint density at radius 2 is 1.83 bits per heavy atom. The highest BCUT2D eigenvalue weighted by Gasteiger charge is 2.34. The molecule has 0 bridgehead atoms. The van der Waals surface area contributed by atoms with Crippen molar-refractivity contribution < 1.29 is 17.6 Å². The summed E-state index contributed by atoms with van der Waals surface area (Å²) in [6, 6.07) is 2.96. The van der Waals surface area contributed by atoms with Crippen molar-refractivity contribution in [3.63, 3.8) is 0 Å². The predicted molar refractivity (Wildman–Crippen MR) is 62.7 cm³/mol. The minimum Gasteiger partial charge on any atom is -0.313 e. The van der Waals surface area contributed by atoms with Gasteiger partial charge in [0, 0.05) is 6.04 Å². The van der Waals surface area contributed by atoms with Gasteiger partial charge in [-0.2, -0.15) is 13.2 Å². The summed E-state index contributed by atoms with van der Waals surface area (Å²) in [6.45, 7) is 3.97. The van der Waals surface area contributed by atoms with Gasteiger partial charge in [0.05, 0.1) is 5.56 Å². The van der Waals surface area contributed by atoms with E-state index in [0.29, 0.717) is 17.9 Å². The number of benzene rings is 1. The molecule has 1 atom stereocenters. The second-order valence-corrected chi connectivity index (χ2v) is 4.71. The molecular weight excluding hydrogens is 246 g/mol. The van der Waals surface area contributed by atoms with E-state index >= 15 is 0 Å². The summed E-state index contributed by atoms with van der Waals surface area (Å²) in [5.41, 5.74) is -0.746. The molecule has 0 aromatic heterocycles. The molecule has 0 radical (unpaired) electrons. The van der Waals surface area contributed by atoms with Gasteiger partial charge in [0.1, 0.15) is 5.82 Å². The first-order valence-electron chi connectivity index (χ1n) is 5.79. The summed E-state index contributed by atoms with van der Waals surface area (Å²) in [4.78, 5) is 0. The maximum absolute atomic E-state index is 13.2. The molecule has 18 heavy (non-hydrogen) atoms. The minimum absolute atomic E-state index is 0.202. The molecule has 5 heteroatoms. The van der Waals surface area contributed by atoms with Crippen LogP contribution in [0.15, 0.2) is 18.2 Å². The summed E-state index contributed by atoms with van der Waals surface area (Å²) in [7, 11) is 1.68. The first-order valence-corrected chi connectivity index (χ1v) is 5.79. The van der Waals surface area contributed by atoms with Gasteiger partial charge in [-0.15, -0.1) is 0 Å². The topological polar surface area (TPSA) is 12.0 Å². The lowest BCUT2D eigenvalue weighted by atomic mass is 9.95. The van der Waals surface area contributed by atoms with E-state index in [0.717, 1.165) is 12.1 Å². The molecule has 102 valence electrons. The monoisotopic (exact) mass is 263 g/mol. The molecular formula is C13H17F4N. The predicted octanol–water partition coefficient (Wildman–Crippen LogP) is 4.15. The molecule has 0 aliphatic rings. The van der Waals surface area contributed by atoms with Gasteiger partial charge in [0.15, 0.2) is 0 Å². The van der Waals surface area contributed by atoms with Crippen LogP contribution in [0, 0.1) is 11.7 Å². The third kappa shape index (κ3) is 3.70. The SMILES string of the molecule is CNC(CC(C)C)c1ccc(F)c(C(F)(F)F)c1. The van der Waals surface area contributed by atoms with Crippen molar-refractivity contribution in [1.29, 1.82) is 0 Å². The Labute approximate surface area is 104 Å². The Hall–Kier alpha value is -1.10. The first-order chi connectivity index (χ1) is 8.25. The summed E-state index contributed by atoms with van der Waals surface area (Å²) in [6.07, 6.45) is -3.96. The standard InChI is InChI=1S/C13H17F4N/c1-8(2)6-12(18-3)9-4-5-11(14)10(7-9)13(15,16)17/h4-5,7-8,12,18H,6H2,1-3H3. The van der Waals surface area contributed by atoms with E-state index in [4.69, 9.17) is 0 Å². The van der Waals surface area contributed by atoms with Gasteiger partial charge in [-0.3, -0.25) is 0 Å².